The number of hydrogen-bond donors (Lipinski definition) is 2. The number of thioether (sulfide) groups is 1. The molecule has 128 valence electrons. The van der Waals surface area contributed by atoms with E-state index in [0.29, 0.717) is 5.75 Å². The zero-order valence-electron chi connectivity index (χ0n) is 12.9. The molecule has 0 bridgehead atoms. The van der Waals surface area contributed by atoms with Crippen molar-refractivity contribution in [1.82, 2.24) is 4.72 Å². The Morgan fingerprint density at radius 2 is 1.91 bits per heavy atom. The number of carbonyl (C=O) groups excluding carboxylic acids is 2. The first-order valence-corrected chi connectivity index (χ1v) is 9.71. The summed E-state index contributed by atoms with van der Waals surface area (Å²) in [5.74, 6) is -1.08. The van der Waals surface area contributed by atoms with Gasteiger partial charge < -0.3 is 10.5 Å². The Morgan fingerprint density at radius 1 is 1.30 bits per heavy atom. The second kappa shape index (κ2) is 8.90. The summed E-state index contributed by atoms with van der Waals surface area (Å²) in [5, 5.41) is 0. The van der Waals surface area contributed by atoms with Crippen LogP contribution in [0.25, 0.3) is 0 Å². The normalized spacial score (nSPS) is 14.0. The van der Waals surface area contributed by atoms with Gasteiger partial charge in [-0.25, -0.2) is 8.42 Å². The van der Waals surface area contributed by atoms with E-state index in [1.165, 1.54) is 30.8 Å². The zero-order chi connectivity index (χ0) is 17.5. The number of rotatable bonds is 9. The standard InChI is InChI=1S/C14H20N2O5S2/c1-10(13(15)17)21-14(18)12(8-9-22-2)16-23(19,20)11-6-4-3-5-7-11/h3-7,10,12,16H,8-9H2,1-2H3,(H2,15,17)/t10-,12-/m0/s1. The molecular weight excluding hydrogens is 340 g/mol. The summed E-state index contributed by atoms with van der Waals surface area (Å²) in [5.41, 5.74) is 5.04. The van der Waals surface area contributed by atoms with Crippen LogP contribution in [-0.2, 0) is 24.3 Å². The van der Waals surface area contributed by atoms with Crippen molar-refractivity contribution in [2.45, 2.75) is 30.4 Å². The molecule has 0 saturated carbocycles. The Bertz CT molecular complexity index is 634. The van der Waals surface area contributed by atoms with Crippen LogP contribution < -0.4 is 10.5 Å². The molecule has 2 atom stereocenters. The van der Waals surface area contributed by atoms with E-state index in [1.54, 1.807) is 18.2 Å². The van der Waals surface area contributed by atoms with Gasteiger partial charge in [-0.1, -0.05) is 18.2 Å². The molecule has 0 heterocycles. The minimum absolute atomic E-state index is 0.0462. The van der Waals surface area contributed by atoms with Crippen LogP contribution in [0.4, 0.5) is 0 Å². The quantitative estimate of drug-likeness (QED) is 0.620. The smallest absolute Gasteiger partial charge is 0.324 e. The van der Waals surface area contributed by atoms with Crippen LogP contribution in [0.2, 0.25) is 0 Å². The molecule has 1 amide bonds. The van der Waals surface area contributed by atoms with E-state index in [9.17, 15) is 18.0 Å². The van der Waals surface area contributed by atoms with E-state index in [1.807, 2.05) is 6.26 Å². The Balaban J connectivity index is 2.89. The van der Waals surface area contributed by atoms with E-state index in [4.69, 9.17) is 10.5 Å². The van der Waals surface area contributed by atoms with Crippen LogP contribution in [0.1, 0.15) is 13.3 Å². The molecule has 9 heteroatoms. The number of esters is 1. The lowest BCUT2D eigenvalue weighted by Gasteiger charge is -2.19. The van der Waals surface area contributed by atoms with Gasteiger partial charge in [0.1, 0.15) is 6.04 Å². The van der Waals surface area contributed by atoms with Gasteiger partial charge in [-0.3, -0.25) is 9.59 Å². The molecule has 0 aliphatic rings. The lowest BCUT2D eigenvalue weighted by atomic mass is 10.2. The van der Waals surface area contributed by atoms with Crippen molar-refractivity contribution in [3.8, 4) is 0 Å². The van der Waals surface area contributed by atoms with Gasteiger partial charge in [0.15, 0.2) is 6.10 Å². The SMILES string of the molecule is CSCC[C@H](NS(=O)(=O)c1ccccc1)C(=O)O[C@@H](C)C(N)=O. The molecule has 0 unspecified atom stereocenters. The topological polar surface area (TPSA) is 116 Å². The summed E-state index contributed by atoms with van der Waals surface area (Å²) in [6.07, 6.45) is 0.943. The van der Waals surface area contributed by atoms with Crippen molar-refractivity contribution in [3.63, 3.8) is 0 Å². The Labute approximate surface area is 140 Å². The van der Waals surface area contributed by atoms with E-state index >= 15 is 0 Å². The van der Waals surface area contributed by atoms with Gasteiger partial charge in [-0.05, 0) is 37.5 Å². The monoisotopic (exact) mass is 360 g/mol. The van der Waals surface area contributed by atoms with Gasteiger partial charge in [0.2, 0.25) is 10.0 Å². The highest BCUT2D eigenvalue weighted by Crippen LogP contribution is 2.11. The molecular formula is C14H20N2O5S2. The fraction of sp³-hybridized carbons (Fsp3) is 0.429. The average Bonchev–Trinajstić information content (AvgIpc) is 2.51. The van der Waals surface area contributed by atoms with Crippen molar-refractivity contribution in [2.75, 3.05) is 12.0 Å². The van der Waals surface area contributed by atoms with Crippen LogP contribution >= 0.6 is 11.8 Å². The molecule has 1 rings (SSSR count). The number of nitrogens with two attached hydrogens (primary N) is 1. The number of benzene rings is 1. The van der Waals surface area contributed by atoms with Crippen LogP contribution in [0.15, 0.2) is 35.2 Å². The van der Waals surface area contributed by atoms with Gasteiger partial charge in [0, 0.05) is 0 Å². The third-order valence-corrected chi connectivity index (χ3v) is 5.07. The van der Waals surface area contributed by atoms with Crippen molar-refractivity contribution in [1.29, 1.82) is 0 Å². The predicted molar refractivity (Wildman–Crippen MR) is 88.3 cm³/mol. The predicted octanol–water partition coefficient (Wildman–Crippen LogP) is 0.504. The Morgan fingerprint density at radius 3 is 2.43 bits per heavy atom. The highest BCUT2D eigenvalue weighted by Gasteiger charge is 2.28. The van der Waals surface area contributed by atoms with Gasteiger partial charge >= 0.3 is 5.97 Å². The van der Waals surface area contributed by atoms with Crippen molar-refractivity contribution in [3.05, 3.63) is 30.3 Å². The number of amides is 1. The van der Waals surface area contributed by atoms with Crippen LogP contribution in [0.5, 0.6) is 0 Å². The number of sulfonamides is 1. The fourth-order valence-electron chi connectivity index (χ4n) is 1.63. The lowest BCUT2D eigenvalue weighted by molar-refractivity contribution is -0.155. The molecule has 23 heavy (non-hydrogen) atoms. The van der Waals surface area contributed by atoms with Crippen molar-refractivity contribution in [2.24, 2.45) is 5.73 Å². The minimum Gasteiger partial charge on any atom is -0.451 e. The first kappa shape index (κ1) is 19.5. The van der Waals surface area contributed by atoms with E-state index < -0.39 is 34.0 Å². The van der Waals surface area contributed by atoms with Crippen molar-refractivity contribution >= 4 is 33.7 Å². The summed E-state index contributed by atoms with van der Waals surface area (Å²) >= 11 is 1.46. The molecule has 0 aliphatic heterocycles. The van der Waals surface area contributed by atoms with Gasteiger partial charge in [0.05, 0.1) is 4.90 Å². The number of primary amides is 1. The van der Waals surface area contributed by atoms with Crippen molar-refractivity contribution < 1.29 is 22.7 Å². The van der Waals surface area contributed by atoms with Gasteiger partial charge in [-0.15, -0.1) is 0 Å². The zero-order valence-corrected chi connectivity index (χ0v) is 14.5. The molecule has 0 radical (unpaired) electrons. The van der Waals surface area contributed by atoms with Crippen LogP contribution in [0.3, 0.4) is 0 Å². The molecule has 0 aliphatic carbocycles. The van der Waals surface area contributed by atoms with Crippen LogP contribution in [0, 0.1) is 0 Å². The third kappa shape index (κ3) is 6.20. The number of hydrogen-bond acceptors (Lipinski definition) is 6. The third-order valence-electron chi connectivity index (χ3n) is 2.94. The summed E-state index contributed by atoms with van der Waals surface area (Å²) in [7, 11) is -3.87. The van der Waals surface area contributed by atoms with E-state index in [0.717, 1.165) is 0 Å². The summed E-state index contributed by atoms with van der Waals surface area (Å²) in [6, 6.07) is 6.61. The number of carbonyl (C=O) groups is 2. The molecule has 1 aromatic carbocycles. The number of nitrogens with one attached hydrogen (secondary N) is 1. The summed E-state index contributed by atoms with van der Waals surface area (Å²) < 4.78 is 31.8. The average molecular weight is 360 g/mol. The fourth-order valence-corrected chi connectivity index (χ4v) is 3.34. The second-order valence-electron chi connectivity index (χ2n) is 4.75. The Kier molecular flexibility index (Phi) is 7.53. The minimum atomic E-state index is -3.87. The molecule has 3 N–H and O–H groups in total. The van der Waals surface area contributed by atoms with Crippen LogP contribution in [-0.4, -0.2) is 44.4 Å². The van der Waals surface area contributed by atoms with E-state index in [2.05, 4.69) is 4.72 Å². The van der Waals surface area contributed by atoms with Gasteiger partial charge in [-0.2, -0.15) is 16.5 Å². The molecule has 7 nitrogen and oxygen atoms in total. The van der Waals surface area contributed by atoms with Gasteiger partial charge in [0.25, 0.3) is 5.91 Å². The highest BCUT2D eigenvalue weighted by atomic mass is 32.2. The highest BCUT2D eigenvalue weighted by molar-refractivity contribution is 7.98. The molecule has 0 spiro atoms. The first-order chi connectivity index (χ1) is 10.8. The first-order valence-electron chi connectivity index (χ1n) is 6.84. The lowest BCUT2D eigenvalue weighted by Crippen LogP contribution is -2.44. The Hall–Kier alpha value is -1.58. The molecule has 1 aromatic rings. The second-order valence-corrected chi connectivity index (χ2v) is 7.45. The molecule has 0 aromatic heterocycles. The maximum atomic E-state index is 12.3. The summed E-state index contributed by atoms with van der Waals surface area (Å²) in [6.45, 7) is 1.33. The van der Waals surface area contributed by atoms with E-state index in [-0.39, 0.29) is 11.3 Å². The maximum absolute atomic E-state index is 12.3. The largest absolute Gasteiger partial charge is 0.451 e. The maximum Gasteiger partial charge on any atom is 0.324 e. The summed E-state index contributed by atoms with van der Waals surface area (Å²) in [4.78, 5) is 23.1. The number of ether oxygens (including phenoxy) is 1. The molecule has 0 fully saturated rings. The molecule has 0 saturated heterocycles.